The highest BCUT2D eigenvalue weighted by molar-refractivity contribution is 5.44. The molecule has 110 valence electrons. The van der Waals surface area contributed by atoms with E-state index in [2.05, 4.69) is 41.5 Å². The zero-order valence-corrected chi connectivity index (χ0v) is 14.1. The molecule has 10 unspecified atom stereocenters. The highest BCUT2D eigenvalue weighted by Gasteiger charge is 2.96. The summed E-state index contributed by atoms with van der Waals surface area (Å²) in [5.41, 5.74) is 4.02. The van der Waals surface area contributed by atoms with Crippen molar-refractivity contribution in [1.82, 2.24) is 0 Å². The number of hydrogen-bond acceptors (Lipinski definition) is 0. The van der Waals surface area contributed by atoms with Gasteiger partial charge in [0.1, 0.15) is 0 Å². The summed E-state index contributed by atoms with van der Waals surface area (Å²) in [7, 11) is 0. The quantitative estimate of drug-likeness (QED) is 0.572. The van der Waals surface area contributed by atoms with Crippen LogP contribution in [-0.2, 0) is 0 Å². The molecule has 0 aromatic rings. The zero-order chi connectivity index (χ0) is 14.1. The first-order valence-electron chi connectivity index (χ1n) is 9.13. The van der Waals surface area contributed by atoms with Gasteiger partial charge < -0.3 is 0 Å². The van der Waals surface area contributed by atoms with Crippen LogP contribution in [0.4, 0.5) is 0 Å². The average molecular weight is 270 g/mol. The van der Waals surface area contributed by atoms with Crippen molar-refractivity contribution in [3.8, 4) is 0 Å². The minimum Gasteiger partial charge on any atom is -0.0616 e. The maximum Gasteiger partial charge on any atom is -0.0173 e. The minimum absolute atomic E-state index is 0.622. The Balaban J connectivity index is 1.76. The molecule has 6 rings (SSSR count). The van der Waals surface area contributed by atoms with E-state index in [1.165, 1.54) is 6.42 Å². The van der Waals surface area contributed by atoms with Gasteiger partial charge in [-0.1, -0.05) is 41.5 Å². The molecule has 20 heavy (non-hydrogen) atoms. The summed E-state index contributed by atoms with van der Waals surface area (Å²) in [6, 6.07) is 0. The molecule has 6 fully saturated rings. The van der Waals surface area contributed by atoms with E-state index in [0.29, 0.717) is 27.1 Å². The fourth-order valence-corrected chi connectivity index (χ4v) is 11.5. The van der Waals surface area contributed by atoms with Crippen molar-refractivity contribution in [1.29, 1.82) is 0 Å². The van der Waals surface area contributed by atoms with Gasteiger partial charge in [0.05, 0.1) is 0 Å². The highest BCUT2D eigenvalue weighted by Crippen LogP contribution is 3.02. The van der Waals surface area contributed by atoms with Crippen LogP contribution in [0.15, 0.2) is 0 Å². The molecule has 0 saturated heterocycles. The van der Waals surface area contributed by atoms with E-state index in [4.69, 9.17) is 0 Å². The second kappa shape index (κ2) is 2.28. The highest BCUT2D eigenvalue weighted by atomic mass is 15.0. The van der Waals surface area contributed by atoms with Gasteiger partial charge in [-0.05, 0) is 81.8 Å². The van der Waals surface area contributed by atoms with Gasteiger partial charge in [-0.25, -0.2) is 0 Å². The van der Waals surface area contributed by atoms with Crippen LogP contribution in [0.5, 0.6) is 0 Å². The van der Waals surface area contributed by atoms with Crippen molar-refractivity contribution < 1.29 is 0 Å². The normalized spacial score (nSPS) is 84.9. The summed E-state index contributed by atoms with van der Waals surface area (Å²) >= 11 is 0. The van der Waals surface area contributed by atoms with Gasteiger partial charge in [-0.15, -0.1) is 0 Å². The van der Waals surface area contributed by atoms with Crippen molar-refractivity contribution >= 4 is 0 Å². The molecule has 6 aliphatic carbocycles. The van der Waals surface area contributed by atoms with E-state index in [1.807, 2.05) is 0 Å². The lowest BCUT2D eigenvalue weighted by Crippen LogP contribution is -2.88. The van der Waals surface area contributed by atoms with E-state index < -0.39 is 0 Å². The molecule has 0 N–H and O–H groups in total. The molecule has 6 aliphatic rings. The molecule has 4 bridgehead atoms. The molecule has 0 radical (unpaired) electrons. The number of rotatable bonds is 0. The van der Waals surface area contributed by atoms with E-state index in [-0.39, 0.29) is 0 Å². The van der Waals surface area contributed by atoms with E-state index in [9.17, 15) is 0 Å². The SMILES string of the molecule is CC1C2C3CC45CC3C3(C)CC(C)(C3(C)C4)C1(C)C25C. The smallest absolute Gasteiger partial charge is 0.0173 e. The fraction of sp³-hybridized carbons (Fsp3) is 1.00. The monoisotopic (exact) mass is 270 g/mol. The second-order valence-electron chi connectivity index (χ2n) is 11.1. The molecule has 0 nitrogen and oxygen atoms in total. The standard InChI is InChI=1S/C20H30/c1-11-14-12-7-20-8-13(12)15(2)9-17(4,16(15,3)10-20)18(11,5)19(14,20)6/h11-14H,7-10H2,1-6H3. The van der Waals surface area contributed by atoms with Crippen LogP contribution < -0.4 is 0 Å². The summed E-state index contributed by atoms with van der Waals surface area (Å²) < 4.78 is 0. The first-order chi connectivity index (χ1) is 9.13. The lowest BCUT2D eigenvalue weighted by molar-refractivity contribution is -0.462. The summed E-state index contributed by atoms with van der Waals surface area (Å²) in [4.78, 5) is 0. The van der Waals surface area contributed by atoms with Crippen LogP contribution in [-0.4, -0.2) is 0 Å². The third-order valence-electron chi connectivity index (χ3n) is 12.4. The third-order valence-corrected chi connectivity index (χ3v) is 12.4. The fourth-order valence-electron chi connectivity index (χ4n) is 11.5. The third kappa shape index (κ3) is 0.553. The maximum atomic E-state index is 2.75. The largest absolute Gasteiger partial charge is 0.0616 e. The molecule has 10 atom stereocenters. The Bertz CT molecular complexity index is 589. The first-order valence-corrected chi connectivity index (χ1v) is 9.13. The number of hydrogen-bond donors (Lipinski definition) is 0. The van der Waals surface area contributed by atoms with Gasteiger partial charge in [-0.3, -0.25) is 0 Å². The second-order valence-corrected chi connectivity index (χ2v) is 11.1. The number of fused-ring (bicyclic) bond motifs is 6. The van der Waals surface area contributed by atoms with Crippen molar-refractivity contribution in [2.45, 2.75) is 67.2 Å². The van der Waals surface area contributed by atoms with Crippen LogP contribution in [0.2, 0.25) is 0 Å². The molecule has 0 aromatic carbocycles. The van der Waals surface area contributed by atoms with Crippen molar-refractivity contribution in [2.24, 2.45) is 56.2 Å². The minimum atomic E-state index is 0.622. The Morgan fingerprint density at radius 2 is 1.50 bits per heavy atom. The van der Waals surface area contributed by atoms with E-state index in [1.54, 1.807) is 19.3 Å². The van der Waals surface area contributed by atoms with Crippen LogP contribution >= 0.6 is 0 Å². The van der Waals surface area contributed by atoms with Crippen LogP contribution in [0.3, 0.4) is 0 Å². The predicted octanol–water partition coefficient (Wildman–Crippen LogP) is 5.13. The molecular formula is C20H30. The summed E-state index contributed by atoms with van der Waals surface area (Å²) in [6.07, 6.45) is 6.33. The van der Waals surface area contributed by atoms with Crippen molar-refractivity contribution in [2.75, 3.05) is 0 Å². The lowest BCUT2D eigenvalue weighted by atomic mass is 9.10. The van der Waals surface area contributed by atoms with E-state index in [0.717, 1.165) is 29.1 Å². The lowest BCUT2D eigenvalue weighted by Gasteiger charge is -2.94. The van der Waals surface area contributed by atoms with Crippen molar-refractivity contribution in [3.05, 3.63) is 0 Å². The maximum absolute atomic E-state index is 2.75. The van der Waals surface area contributed by atoms with E-state index >= 15 is 0 Å². The zero-order valence-electron chi connectivity index (χ0n) is 14.1. The molecular weight excluding hydrogens is 240 g/mol. The van der Waals surface area contributed by atoms with Gasteiger partial charge in [-0.2, -0.15) is 0 Å². The Labute approximate surface area is 124 Å². The van der Waals surface area contributed by atoms with Gasteiger partial charge in [0.15, 0.2) is 0 Å². The van der Waals surface area contributed by atoms with Crippen LogP contribution in [0.1, 0.15) is 67.2 Å². The molecule has 0 aliphatic heterocycles. The molecule has 0 amide bonds. The predicted molar refractivity (Wildman–Crippen MR) is 81.1 cm³/mol. The van der Waals surface area contributed by atoms with Gasteiger partial charge in [0.25, 0.3) is 0 Å². The van der Waals surface area contributed by atoms with Gasteiger partial charge in [0, 0.05) is 0 Å². The Morgan fingerprint density at radius 1 is 0.800 bits per heavy atom. The van der Waals surface area contributed by atoms with Gasteiger partial charge in [0.2, 0.25) is 0 Å². The Kier molecular flexibility index (Phi) is 1.31. The molecule has 0 aromatic heterocycles. The van der Waals surface area contributed by atoms with Crippen molar-refractivity contribution in [3.63, 3.8) is 0 Å². The molecule has 0 heteroatoms. The first kappa shape index (κ1) is 11.6. The molecule has 6 saturated carbocycles. The molecule has 1 spiro atoms. The Morgan fingerprint density at radius 3 is 2.20 bits per heavy atom. The summed E-state index contributed by atoms with van der Waals surface area (Å²) in [6.45, 7) is 16.2. The van der Waals surface area contributed by atoms with Crippen LogP contribution in [0.25, 0.3) is 0 Å². The average Bonchev–Trinajstić information content (AvgIpc) is 2.83. The summed E-state index contributed by atoms with van der Waals surface area (Å²) in [5.74, 6) is 4.24. The Hall–Kier alpha value is 0. The van der Waals surface area contributed by atoms with Crippen LogP contribution in [0, 0.1) is 56.2 Å². The van der Waals surface area contributed by atoms with Gasteiger partial charge >= 0.3 is 0 Å². The molecule has 0 heterocycles. The topological polar surface area (TPSA) is 0 Å². The summed E-state index contributed by atoms with van der Waals surface area (Å²) in [5, 5.41) is 0.